The number of aromatic nitrogens is 1. The van der Waals surface area contributed by atoms with Gasteiger partial charge in [0.25, 0.3) is 5.91 Å². The highest BCUT2D eigenvalue weighted by Crippen LogP contribution is 2.26. The minimum absolute atomic E-state index is 0.0320. The van der Waals surface area contributed by atoms with E-state index in [4.69, 9.17) is 4.74 Å². The summed E-state index contributed by atoms with van der Waals surface area (Å²) in [5, 5.41) is 12.4. The van der Waals surface area contributed by atoms with Crippen LogP contribution in [-0.2, 0) is 4.79 Å². The zero-order valence-corrected chi connectivity index (χ0v) is 16.8. The quantitative estimate of drug-likeness (QED) is 0.477. The van der Waals surface area contributed by atoms with Gasteiger partial charge in [0.15, 0.2) is 0 Å². The number of amides is 1. The standard InChI is InChI=1S/C24H23N3O2/c1-4-29-23-13-9-8-12-22(23)26-24(28)20(16-25)15-19-14-17(2)27(18(19)3)21-10-6-5-7-11-21/h5-15H,4H2,1-3H3,(H,26,28)/b20-15+. The topological polar surface area (TPSA) is 67.0 Å². The van der Waals surface area contributed by atoms with E-state index in [1.807, 2.05) is 69.3 Å². The zero-order chi connectivity index (χ0) is 20.8. The van der Waals surface area contributed by atoms with Crippen molar-refractivity contribution in [2.75, 3.05) is 11.9 Å². The van der Waals surface area contributed by atoms with Crippen LogP contribution in [0.25, 0.3) is 11.8 Å². The van der Waals surface area contributed by atoms with E-state index >= 15 is 0 Å². The third-order valence-corrected chi connectivity index (χ3v) is 4.58. The van der Waals surface area contributed by atoms with Crippen molar-refractivity contribution in [3.63, 3.8) is 0 Å². The molecule has 3 rings (SSSR count). The Morgan fingerprint density at radius 1 is 1.14 bits per heavy atom. The van der Waals surface area contributed by atoms with Gasteiger partial charge in [-0.15, -0.1) is 0 Å². The molecule has 2 aromatic carbocycles. The van der Waals surface area contributed by atoms with Crippen molar-refractivity contribution in [1.29, 1.82) is 5.26 Å². The Labute approximate surface area is 170 Å². The van der Waals surface area contributed by atoms with E-state index in [0.29, 0.717) is 18.0 Å². The second-order valence-electron chi connectivity index (χ2n) is 6.55. The molecule has 0 atom stereocenters. The maximum atomic E-state index is 12.7. The van der Waals surface area contributed by atoms with Gasteiger partial charge in [0, 0.05) is 17.1 Å². The molecule has 0 saturated heterocycles. The molecule has 1 aromatic heterocycles. The van der Waals surface area contributed by atoms with E-state index in [-0.39, 0.29) is 5.57 Å². The first kappa shape index (κ1) is 20.0. The minimum Gasteiger partial charge on any atom is -0.492 e. The molecule has 0 unspecified atom stereocenters. The molecular weight excluding hydrogens is 362 g/mol. The number of carbonyl (C=O) groups excluding carboxylic acids is 1. The van der Waals surface area contributed by atoms with Crippen LogP contribution in [0.2, 0.25) is 0 Å². The van der Waals surface area contributed by atoms with Crippen LogP contribution in [0.5, 0.6) is 5.75 Å². The van der Waals surface area contributed by atoms with Crippen molar-refractivity contribution in [1.82, 2.24) is 4.57 Å². The van der Waals surface area contributed by atoms with Crippen molar-refractivity contribution >= 4 is 17.7 Å². The minimum atomic E-state index is -0.468. The molecule has 0 aliphatic carbocycles. The molecule has 5 heteroatoms. The first-order chi connectivity index (χ1) is 14.0. The van der Waals surface area contributed by atoms with E-state index in [2.05, 4.69) is 9.88 Å². The number of nitriles is 1. The van der Waals surface area contributed by atoms with Crippen molar-refractivity contribution in [3.8, 4) is 17.5 Å². The van der Waals surface area contributed by atoms with E-state index < -0.39 is 5.91 Å². The average Bonchev–Trinajstić information content (AvgIpc) is 3.01. The fourth-order valence-electron chi connectivity index (χ4n) is 3.25. The Morgan fingerprint density at radius 3 is 2.52 bits per heavy atom. The third-order valence-electron chi connectivity index (χ3n) is 4.58. The lowest BCUT2D eigenvalue weighted by Gasteiger charge is -2.11. The smallest absolute Gasteiger partial charge is 0.266 e. The van der Waals surface area contributed by atoms with Gasteiger partial charge in [-0.1, -0.05) is 30.3 Å². The predicted molar refractivity (Wildman–Crippen MR) is 115 cm³/mol. The first-order valence-corrected chi connectivity index (χ1v) is 9.44. The molecule has 0 saturated carbocycles. The maximum Gasteiger partial charge on any atom is 0.266 e. The van der Waals surface area contributed by atoms with Crippen LogP contribution in [0.3, 0.4) is 0 Å². The van der Waals surface area contributed by atoms with E-state index in [9.17, 15) is 10.1 Å². The van der Waals surface area contributed by atoms with Crippen molar-refractivity contribution in [2.45, 2.75) is 20.8 Å². The van der Waals surface area contributed by atoms with E-state index in [1.165, 1.54) is 0 Å². The van der Waals surface area contributed by atoms with Crippen LogP contribution in [0.4, 0.5) is 5.69 Å². The molecule has 0 fully saturated rings. The summed E-state index contributed by atoms with van der Waals surface area (Å²) in [4.78, 5) is 12.7. The summed E-state index contributed by atoms with van der Waals surface area (Å²) in [6, 6.07) is 21.1. The van der Waals surface area contributed by atoms with Crippen LogP contribution >= 0.6 is 0 Å². The summed E-state index contributed by atoms with van der Waals surface area (Å²) >= 11 is 0. The highest BCUT2D eigenvalue weighted by Gasteiger charge is 2.15. The van der Waals surface area contributed by atoms with Crippen LogP contribution in [-0.4, -0.2) is 17.1 Å². The van der Waals surface area contributed by atoms with Crippen LogP contribution in [0.15, 0.2) is 66.2 Å². The second kappa shape index (κ2) is 8.94. The number of ether oxygens (including phenoxy) is 1. The molecule has 0 bridgehead atoms. The van der Waals surface area contributed by atoms with Gasteiger partial charge in [-0.25, -0.2) is 0 Å². The van der Waals surface area contributed by atoms with Crippen molar-refractivity contribution in [3.05, 3.63) is 83.2 Å². The van der Waals surface area contributed by atoms with Gasteiger partial charge >= 0.3 is 0 Å². The van der Waals surface area contributed by atoms with Crippen LogP contribution in [0.1, 0.15) is 23.9 Å². The maximum absolute atomic E-state index is 12.7. The summed E-state index contributed by atoms with van der Waals surface area (Å²) in [5.41, 5.74) is 4.43. The number of nitrogens with zero attached hydrogens (tertiary/aromatic N) is 2. The molecule has 29 heavy (non-hydrogen) atoms. The zero-order valence-electron chi connectivity index (χ0n) is 16.8. The number of benzene rings is 2. The van der Waals surface area contributed by atoms with Gasteiger partial charge < -0.3 is 14.6 Å². The number of aryl methyl sites for hydroxylation is 1. The third kappa shape index (κ3) is 4.39. The molecule has 0 aliphatic heterocycles. The van der Waals surface area contributed by atoms with Crippen molar-refractivity contribution < 1.29 is 9.53 Å². The number of anilines is 1. The van der Waals surface area contributed by atoms with E-state index in [0.717, 1.165) is 22.6 Å². The number of rotatable bonds is 6. The number of nitrogens with one attached hydrogen (secondary N) is 1. The average molecular weight is 385 g/mol. The van der Waals surface area contributed by atoms with Crippen molar-refractivity contribution in [2.24, 2.45) is 0 Å². The van der Waals surface area contributed by atoms with Crippen LogP contribution < -0.4 is 10.1 Å². The Bertz CT molecular complexity index is 1090. The summed E-state index contributed by atoms with van der Waals surface area (Å²) in [6.07, 6.45) is 1.63. The number of para-hydroxylation sites is 3. The Kier molecular flexibility index (Phi) is 6.16. The molecule has 0 aliphatic rings. The largest absolute Gasteiger partial charge is 0.492 e. The number of hydrogen-bond donors (Lipinski definition) is 1. The summed E-state index contributed by atoms with van der Waals surface area (Å²) in [5.74, 6) is 0.104. The van der Waals surface area contributed by atoms with E-state index in [1.54, 1.807) is 24.3 Å². The fourth-order valence-corrected chi connectivity index (χ4v) is 3.25. The predicted octanol–water partition coefficient (Wildman–Crippen LogP) is 5.04. The molecule has 0 spiro atoms. The molecule has 5 nitrogen and oxygen atoms in total. The summed E-state index contributed by atoms with van der Waals surface area (Å²) < 4.78 is 7.64. The molecule has 1 amide bonds. The highest BCUT2D eigenvalue weighted by molar-refractivity contribution is 6.10. The Balaban J connectivity index is 1.91. The van der Waals surface area contributed by atoms with Gasteiger partial charge in [-0.2, -0.15) is 5.26 Å². The molecule has 146 valence electrons. The Hall–Kier alpha value is -3.78. The molecular formula is C24H23N3O2. The van der Waals surface area contributed by atoms with Crippen LogP contribution in [0, 0.1) is 25.2 Å². The van der Waals surface area contributed by atoms with Gasteiger partial charge in [-0.3, -0.25) is 4.79 Å². The lowest BCUT2D eigenvalue weighted by molar-refractivity contribution is -0.112. The highest BCUT2D eigenvalue weighted by atomic mass is 16.5. The molecule has 0 radical (unpaired) electrons. The second-order valence-corrected chi connectivity index (χ2v) is 6.55. The van der Waals surface area contributed by atoms with Gasteiger partial charge in [0.2, 0.25) is 0 Å². The number of carbonyl (C=O) groups is 1. The lowest BCUT2D eigenvalue weighted by atomic mass is 10.1. The SMILES string of the molecule is CCOc1ccccc1NC(=O)/C(C#N)=C/c1cc(C)n(-c2ccccc2)c1C. The van der Waals surface area contributed by atoms with Gasteiger partial charge in [-0.05, 0) is 62.7 Å². The first-order valence-electron chi connectivity index (χ1n) is 9.44. The fraction of sp³-hybridized carbons (Fsp3) is 0.167. The normalized spacial score (nSPS) is 11.0. The monoisotopic (exact) mass is 385 g/mol. The summed E-state index contributed by atoms with van der Waals surface area (Å²) in [7, 11) is 0. The number of hydrogen-bond acceptors (Lipinski definition) is 3. The van der Waals surface area contributed by atoms with Gasteiger partial charge in [0.1, 0.15) is 17.4 Å². The molecule has 1 N–H and O–H groups in total. The molecule has 1 heterocycles. The van der Waals surface area contributed by atoms with Gasteiger partial charge in [0.05, 0.1) is 12.3 Å². The summed E-state index contributed by atoms with van der Waals surface area (Å²) in [6.45, 7) is 6.34. The molecule has 3 aromatic rings. The Morgan fingerprint density at radius 2 is 1.83 bits per heavy atom. The lowest BCUT2D eigenvalue weighted by Crippen LogP contribution is -2.14.